The van der Waals surface area contributed by atoms with Gasteiger partial charge in [0.05, 0.1) is 18.8 Å². The zero-order chi connectivity index (χ0) is 18.0. The second-order valence-electron chi connectivity index (χ2n) is 6.37. The van der Waals surface area contributed by atoms with Gasteiger partial charge in [0.15, 0.2) is 5.76 Å². The van der Waals surface area contributed by atoms with E-state index in [9.17, 15) is 14.9 Å². The van der Waals surface area contributed by atoms with Crippen LogP contribution in [0.2, 0.25) is 0 Å². The lowest BCUT2D eigenvalue weighted by molar-refractivity contribution is -0.402. The molecule has 0 saturated carbocycles. The van der Waals surface area contributed by atoms with E-state index in [1.807, 2.05) is 0 Å². The lowest BCUT2D eigenvalue weighted by Crippen LogP contribution is -2.52. The molecule has 1 aromatic heterocycles. The number of ether oxygens (including phenoxy) is 1. The summed E-state index contributed by atoms with van der Waals surface area (Å²) in [6.07, 6.45) is 0.500. The van der Waals surface area contributed by atoms with Crippen molar-refractivity contribution in [1.82, 2.24) is 14.8 Å². The van der Waals surface area contributed by atoms with Gasteiger partial charge in [-0.3, -0.25) is 15.0 Å². The smallest absolute Gasteiger partial charge is 0.433 e. The van der Waals surface area contributed by atoms with Crippen LogP contribution in [0, 0.1) is 10.1 Å². The standard InChI is InChI=1S/C15H21N5O5/c1-11-8-17(2)5-6-18(11)9-13-10-19(15(21)25-13)16-7-12-3-4-14(24-12)20(22)23/h3-4,7,11,13H,5-6,8-10H2,1-2H3. The van der Waals surface area contributed by atoms with E-state index < -0.39 is 11.0 Å². The molecule has 0 radical (unpaired) electrons. The molecular weight excluding hydrogens is 330 g/mol. The number of likely N-dealkylation sites (N-methyl/N-ethyl adjacent to an activating group) is 1. The third-order valence-electron chi connectivity index (χ3n) is 4.38. The summed E-state index contributed by atoms with van der Waals surface area (Å²) in [6.45, 7) is 6.08. The van der Waals surface area contributed by atoms with Crippen LogP contribution in [0.15, 0.2) is 21.7 Å². The van der Waals surface area contributed by atoms with Crippen LogP contribution in [-0.2, 0) is 4.74 Å². The molecule has 10 nitrogen and oxygen atoms in total. The van der Waals surface area contributed by atoms with Gasteiger partial charge in [-0.05, 0) is 20.0 Å². The number of hydrogen-bond acceptors (Lipinski definition) is 8. The molecule has 0 N–H and O–H groups in total. The lowest BCUT2D eigenvalue weighted by atomic mass is 10.2. The highest BCUT2D eigenvalue weighted by molar-refractivity contribution is 5.78. The predicted octanol–water partition coefficient (Wildman–Crippen LogP) is 0.978. The monoisotopic (exact) mass is 351 g/mol. The van der Waals surface area contributed by atoms with Crippen LogP contribution < -0.4 is 0 Å². The number of nitro groups is 1. The topological polar surface area (TPSA) is 105 Å². The largest absolute Gasteiger partial charge is 0.441 e. The van der Waals surface area contributed by atoms with Gasteiger partial charge in [0.25, 0.3) is 0 Å². The predicted molar refractivity (Wildman–Crippen MR) is 88.5 cm³/mol. The minimum atomic E-state index is -0.630. The van der Waals surface area contributed by atoms with E-state index in [0.717, 1.165) is 19.6 Å². The Morgan fingerprint density at radius 2 is 2.20 bits per heavy atom. The van der Waals surface area contributed by atoms with Gasteiger partial charge in [0, 0.05) is 32.2 Å². The fourth-order valence-corrected chi connectivity index (χ4v) is 3.04. The summed E-state index contributed by atoms with van der Waals surface area (Å²) in [5.41, 5.74) is 0. The molecule has 2 fully saturated rings. The van der Waals surface area contributed by atoms with E-state index in [1.165, 1.54) is 23.4 Å². The highest BCUT2D eigenvalue weighted by Crippen LogP contribution is 2.17. The zero-order valence-corrected chi connectivity index (χ0v) is 14.2. The van der Waals surface area contributed by atoms with Crippen molar-refractivity contribution in [2.24, 2.45) is 5.10 Å². The molecule has 2 aliphatic rings. The molecule has 1 aromatic rings. The SMILES string of the molecule is CC1CN(C)CCN1CC1CN(N=Cc2ccc([N+](=O)[O-])o2)C(=O)O1. The molecular formula is C15H21N5O5. The molecule has 2 saturated heterocycles. The molecule has 1 amide bonds. The van der Waals surface area contributed by atoms with Crippen LogP contribution in [0.1, 0.15) is 12.7 Å². The summed E-state index contributed by atoms with van der Waals surface area (Å²) < 4.78 is 10.3. The Labute approximate surface area is 144 Å². The molecule has 10 heteroatoms. The minimum Gasteiger partial charge on any atom is -0.441 e. The Balaban J connectivity index is 1.55. The van der Waals surface area contributed by atoms with Crippen molar-refractivity contribution in [3.05, 3.63) is 28.0 Å². The number of amides is 1. The fraction of sp³-hybridized carbons (Fsp3) is 0.600. The number of cyclic esters (lactones) is 1. The average molecular weight is 351 g/mol. The lowest BCUT2D eigenvalue weighted by Gasteiger charge is -2.38. The van der Waals surface area contributed by atoms with Crippen molar-refractivity contribution < 1.29 is 18.9 Å². The van der Waals surface area contributed by atoms with E-state index in [4.69, 9.17) is 9.15 Å². The minimum absolute atomic E-state index is 0.204. The Morgan fingerprint density at radius 1 is 1.40 bits per heavy atom. The van der Waals surface area contributed by atoms with Gasteiger partial charge >= 0.3 is 12.0 Å². The van der Waals surface area contributed by atoms with Crippen molar-refractivity contribution in [3.8, 4) is 0 Å². The number of carbonyl (C=O) groups excluding carboxylic acids is 1. The van der Waals surface area contributed by atoms with Crippen LogP contribution in [0.4, 0.5) is 10.7 Å². The van der Waals surface area contributed by atoms with Crippen LogP contribution in [0.25, 0.3) is 0 Å². The molecule has 136 valence electrons. The first-order valence-electron chi connectivity index (χ1n) is 8.11. The van der Waals surface area contributed by atoms with Crippen LogP contribution in [0.5, 0.6) is 0 Å². The maximum Gasteiger partial charge on any atom is 0.433 e. The third-order valence-corrected chi connectivity index (χ3v) is 4.38. The first-order chi connectivity index (χ1) is 11.9. The Kier molecular flexibility index (Phi) is 5.00. The van der Waals surface area contributed by atoms with E-state index in [0.29, 0.717) is 19.1 Å². The highest BCUT2D eigenvalue weighted by Gasteiger charge is 2.34. The van der Waals surface area contributed by atoms with Crippen molar-refractivity contribution in [2.45, 2.75) is 19.1 Å². The summed E-state index contributed by atoms with van der Waals surface area (Å²) in [6, 6.07) is 3.06. The first-order valence-corrected chi connectivity index (χ1v) is 8.11. The fourth-order valence-electron chi connectivity index (χ4n) is 3.04. The maximum atomic E-state index is 11.9. The molecule has 2 aliphatic heterocycles. The van der Waals surface area contributed by atoms with Gasteiger partial charge in [0.1, 0.15) is 11.0 Å². The van der Waals surface area contributed by atoms with Gasteiger partial charge in [-0.2, -0.15) is 10.1 Å². The van der Waals surface area contributed by atoms with Gasteiger partial charge < -0.3 is 14.1 Å². The van der Waals surface area contributed by atoms with E-state index in [2.05, 4.69) is 28.9 Å². The summed E-state index contributed by atoms with van der Waals surface area (Å²) >= 11 is 0. The van der Waals surface area contributed by atoms with E-state index in [1.54, 1.807) is 0 Å². The molecule has 3 heterocycles. The van der Waals surface area contributed by atoms with E-state index in [-0.39, 0.29) is 17.7 Å². The van der Waals surface area contributed by atoms with Crippen LogP contribution >= 0.6 is 0 Å². The number of hydrazone groups is 1. The van der Waals surface area contributed by atoms with Crippen LogP contribution in [0.3, 0.4) is 0 Å². The Hall–Kier alpha value is -2.46. The summed E-state index contributed by atoms with van der Waals surface area (Å²) in [4.78, 5) is 26.5. The molecule has 2 unspecified atom stereocenters. The van der Waals surface area contributed by atoms with Gasteiger partial charge in [0.2, 0.25) is 0 Å². The molecule has 0 aliphatic carbocycles. The Morgan fingerprint density at radius 3 is 2.88 bits per heavy atom. The second kappa shape index (κ2) is 7.19. The maximum absolute atomic E-state index is 11.9. The molecule has 0 bridgehead atoms. The molecule has 0 aromatic carbocycles. The number of hydrogen-bond donors (Lipinski definition) is 0. The second-order valence-corrected chi connectivity index (χ2v) is 6.37. The number of rotatable bonds is 5. The number of piperazine rings is 1. The van der Waals surface area contributed by atoms with E-state index >= 15 is 0 Å². The first kappa shape index (κ1) is 17.4. The zero-order valence-electron chi connectivity index (χ0n) is 14.2. The molecule has 2 atom stereocenters. The quantitative estimate of drug-likeness (QED) is 0.442. The molecule has 25 heavy (non-hydrogen) atoms. The van der Waals surface area contributed by atoms with Gasteiger partial charge in [-0.25, -0.2) is 4.79 Å². The highest BCUT2D eigenvalue weighted by atomic mass is 16.6. The number of furan rings is 1. The normalized spacial score (nSPS) is 25.7. The van der Waals surface area contributed by atoms with Gasteiger partial charge in [-0.1, -0.05) is 0 Å². The van der Waals surface area contributed by atoms with Crippen LogP contribution in [-0.4, -0.2) is 84.0 Å². The summed E-state index contributed by atoms with van der Waals surface area (Å²) in [5, 5.41) is 15.8. The third kappa shape index (κ3) is 4.15. The number of carbonyl (C=O) groups is 1. The summed E-state index contributed by atoms with van der Waals surface area (Å²) in [5.74, 6) is -0.164. The van der Waals surface area contributed by atoms with Crippen molar-refractivity contribution in [2.75, 3.05) is 39.8 Å². The number of nitrogens with zero attached hydrogens (tertiary/aromatic N) is 5. The van der Waals surface area contributed by atoms with Crippen molar-refractivity contribution >= 4 is 18.2 Å². The van der Waals surface area contributed by atoms with Crippen molar-refractivity contribution in [1.29, 1.82) is 0 Å². The van der Waals surface area contributed by atoms with Crippen molar-refractivity contribution in [3.63, 3.8) is 0 Å². The Bertz CT molecular complexity index is 675. The van der Waals surface area contributed by atoms with Gasteiger partial charge in [-0.15, -0.1) is 0 Å². The molecule has 0 spiro atoms. The molecule has 3 rings (SSSR count). The average Bonchev–Trinajstić information content (AvgIpc) is 3.15. The summed E-state index contributed by atoms with van der Waals surface area (Å²) in [7, 11) is 2.10.